The van der Waals surface area contributed by atoms with Crippen LogP contribution in [0.1, 0.15) is 34.2 Å². The van der Waals surface area contributed by atoms with Crippen molar-refractivity contribution in [3.05, 3.63) is 117 Å². The van der Waals surface area contributed by atoms with Gasteiger partial charge in [-0.05, 0) is 41.3 Å². The number of H-pyrrole nitrogens is 1. The van der Waals surface area contributed by atoms with E-state index >= 15 is 0 Å². The molecule has 2 N–H and O–H groups in total. The molecule has 0 saturated heterocycles. The standard InChI is InChI=1S/C23H21N3O2/c1-16-7-5-6-10-19(16)15-21-24-25-23(28)26(21)20-13-11-18(12-14-20)22(27)17-8-3-2-4-9-17/h2-14,22,27H,15H2,1H3,(H,25,28). The molecular formula is C23H21N3O2. The van der Waals surface area contributed by atoms with Gasteiger partial charge in [0.2, 0.25) is 0 Å². The normalized spacial score (nSPS) is 12.1. The molecule has 28 heavy (non-hydrogen) atoms. The molecule has 5 nitrogen and oxygen atoms in total. The minimum atomic E-state index is -0.706. The molecule has 0 spiro atoms. The molecule has 0 bridgehead atoms. The summed E-state index contributed by atoms with van der Waals surface area (Å²) < 4.78 is 1.57. The maximum atomic E-state index is 12.4. The van der Waals surface area contributed by atoms with E-state index < -0.39 is 6.10 Å². The Labute approximate surface area is 162 Å². The van der Waals surface area contributed by atoms with Crippen LogP contribution in [0.4, 0.5) is 0 Å². The molecule has 1 unspecified atom stereocenters. The number of aromatic amines is 1. The lowest BCUT2D eigenvalue weighted by Gasteiger charge is -2.13. The fourth-order valence-corrected chi connectivity index (χ4v) is 3.33. The van der Waals surface area contributed by atoms with Crippen molar-refractivity contribution in [2.24, 2.45) is 0 Å². The molecular weight excluding hydrogens is 350 g/mol. The first-order valence-corrected chi connectivity index (χ1v) is 9.17. The van der Waals surface area contributed by atoms with E-state index in [-0.39, 0.29) is 5.69 Å². The third-order valence-electron chi connectivity index (χ3n) is 4.93. The van der Waals surface area contributed by atoms with Crippen LogP contribution in [0.25, 0.3) is 5.69 Å². The SMILES string of the molecule is Cc1ccccc1Cc1n[nH]c(=O)n1-c1ccc(C(O)c2ccccc2)cc1. The fraction of sp³-hybridized carbons (Fsp3) is 0.130. The second kappa shape index (κ2) is 7.66. The summed E-state index contributed by atoms with van der Waals surface area (Å²) in [6.45, 7) is 2.05. The number of hydrogen-bond acceptors (Lipinski definition) is 3. The van der Waals surface area contributed by atoms with Gasteiger partial charge in [-0.1, -0.05) is 66.7 Å². The lowest BCUT2D eigenvalue weighted by molar-refractivity contribution is 0.220. The molecule has 0 amide bonds. The molecule has 140 valence electrons. The number of aliphatic hydroxyl groups is 1. The number of rotatable bonds is 5. The molecule has 0 aliphatic rings. The zero-order valence-electron chi connectivity index (χ0n) is 15.5. The highest BCUT2D eigenvalue weighted by Crippen LogP contribution is 2.23. The molecule has 5 heteroatoms. The van der Waals surface area contributed by atoms with Crippen LogP contribution in [0.3, 0.4) is 0 Å². The smallest absolute Gasteiger partial charge is 0.347 e. The zero-order chi connectivity index (χ0) is 19.5. The Morgan fingerprint density at radius 2 is 1.57 bits per heavy atom. The largest absolute Gasteiger partial charge is 0.384 e. The molecule has 0 fully saturated rings. The van der Waals surface area contributed by atoms with E-state index in [2.05, 4.69) is 10.2 Å². The summed E-state index contributed by atoms with van der Waals surface area (Å²) in [5.41, 5.74) is 4.32. The quantitative estimate of drug-likeness (QED) is 0.564. The van der Waals surface area contributed by atoms with Crippen LogP contribution < -0.4 is 5.69 Å². The average Bonchev–Trinajstić information content (AvgIpc) is 3.10. The van der Waals surface area contributed by atoms with Gasteiger partial charge in [-0.2, -0.15) is 5.10 Å². The molecule has 4 rings (SSSR count). The molecule has 1 heterocycles. The minimum absolute atomic E-state index is 0.278. The van der Waals surface area contributed by atoms with Crippen molar-refractivity contribution in [1.82, 2.24) is 14.8 Å². The summed E-state index contributed by atoms with van der Waals surface area (Å²) in [7, 11) is 0. The minimum Gasteiger partial charge on any atom is -0.384 e. The molecule has 0 aliphatic carbocycles. The van der Waals surface area contributed by atoms with Gasteiger partial charge in [0, 0.05) is 6.42 Å². The van der Waals surface area contributed by atoms with Gasteiger partial charge in [0.25, 0.3) is 0 Å². The van der Waals surface area contributed by atoms with E-state index in [1.807, 2.05) is 85.8 Å². The number of hydrogen-bond donors (Lipinski definition) is 2. The van der Waals surface area contributed by atoms with E-state index in [1.165, 1.54) is 0 Å². The molecule has 0 saturated carbocycles. The lowest BCUT2D eigenvalue weighted by atomic mass is 10.0. The van der Waals surface area contributed by atoms with Gasteiger partial charge in [-0.3, -0.25) is 0 Å². The van der Waals surface area contributed by atoms with Crippen molar-refractivity contribution in [3.63, 3.8) is 0 Å². The van der Waals surface area contributed by atoms with Crippen LogP contribution in [0, 0.1) is 6.92 Å². The van der Waals surface area contributed by atoms with Crippen LogP contribution in [0.15, 0.2) is 83.7 Å². The number of aryl methyl sites for hydroxylation is 1. The van der Waals surface area contributed by atoms with Gasteiger partial charge >= 0.3 is 5.69 Å². The Kier molecular flexibility index (Phi) is 4.91. The summed E-state index contributed by atoms with van der Waals surface area (Å²) in [4.78, 5) is 12.4. The summed E-state index contributed by atoms with van der Waals surface area (Å²) >= 11 is 0. The summed E-state index contributed by atoms with van der Waals surface area (Å²) in [5, 5.41) is 17.3. The first-order chi connectivity index (χ1) is 13.6. The monoisotopic (exact) mass is 371 g/mol. The molecule has 0 radical (unpaired) electrons. The van der Waals surface area contributed by atoms with Crippen molar-refractivity contribution in [2.75, 3.05) is 0 Å². The Bertz CT molecular complexity index is 1130. The maximum Gasteiger partial charge on any atom is 0.347 e. The van der Waals surface area contributed by atoms with Crippen molar-refractivity contribution in [2.45, 2.75) is 19.4 Å². The second-order valence-electron chi connectivity index (χ2n) is 6.79. The fourth-order valence-electron chi connectivity index (χ4n) is 3.33. The van der Waals surface area contributed by atoms with Gasteiger partial charge in [0.05, 0.1) is 5.69 Å². The number of aromatic nitrogens is 3. The van der Waals surface area contributed by atoms with Crippen LogP contribution in [0.5, 0.6) is 0 Å². The van der Waals surface area contributed by atoms with E-state index in [4.69, 9.17) is 0 Å². The van der Waals surface area contributed by atoms with Crippen molar-refractivity contribution in [3.8, 4) is 5.69 Å². The highest BCUT2D eigenvalue weighted by atomic mass is 16.3. The first kappa shape index (κ1) is 17.9. The highest BCUT2D eigenvalue weighted by Gasteiger charge is 2.14. The predicted molar refractivity (Wildman–Crippen MR) is 109 cm³/mol. The highest BCUT2D eigenvalue weighted by molar-refractivity contribution is 5.39. The molecule has 1 aromatic heterocycles. The Hall–Kier alpha value is -3.44. The van der Waals surface area contributed by atoms with Crippen molar-refractivity contribution >= 4 is 0 Å². The average molecular weight is 371 g/mol. The van der Waals surface area contributed by atoms with E-state index in [1.54, 1.807) is 4.57 Å². The number of nitrogens with one attached hydrogen (secondary N) is 1. The Balaban J connectivity index is 1.64. The van der Waals surface area contributed by atoms with Crippen molar-refractivity contribution in [1.29, 1.82) is 0 Å². The first-order valence-electron chi connectivity index (χ1n) is 9.17. The van der Waals surface area contributed by atoms with Gasteiger partial charge in [-0.15, -0.1) is 0 Å². The second-order valence-corrected chi connectivity index (χ2v) is 6.79. The van der Waals surface area contributed by atoms with Crippen molar-refractivity contribution < 1.29 is 5.11 Å². The topological polar surface area (TPSA) is 70.9 Å². The number of benzene rings is 3. The van der Waals surface area contributed by atoms with Gasteiger partial charge < -0.3 is 5.11 Å². The van der Waals surface area contributed by atoms with Crippen LogP contribution >= 0.6 is 0 Å². The molecule has 0 aliphatic heterocycles. The predicted octanol–water partition coefficient (Wildman–Crippen LogP) is 3.54. The van der Waals surface area contributed by atoms with Gasteiger partial charge in [-0.25, -0.2) is 14.5 Å². The van der Waals surface area contributed by atoms with E-state index in [0.717, 1.165) is 22.3 Å². The van der Waals surface area contributed by atoms with Gasteiger partial charge in [0.15, 0.2) is 0 Å². The molecule has 4 aromatic rings. The van der Waals surface area contributed by atoms with Crippen LogP contribution in [-0.4, -0.2) is 19.9 Å². The van der Waals surface area contributed by atoms with Gasteiger partial charge in [0.1, 0.15) is 11.9 Å². The van der Waals surface area contributed by atoms with E-state index in [0.29, 0.717) is 17.9 Å². The number of aliphatic hydroxyl groups excluding tert-OH is 1. The summed E-state index contributed by atoms with van der Waals surface area (Å²) in [6.07, 6.45) is -0.150. The summed E-state index contributed by atoms with van der Waals surface area (Å²) in [6, 6.07) is 24.9. The maximum absolute atomic E-state index is 12.4. The third kappa shape index (κ3) is 3.52. The van der Waals surface area contributed by atoms with Crippen LogP contribution in [-0.2, 0) is 6.42 Å². The van der Waals surface area contributed by atoms with E-state index in [9.17, 15) is 9.90 Å². The third-order valence-corrected chi connectivity index (χ3v) is 4.93. The zero-order valence-corrected chi connectivity index (χ0v) is 15.5. The summed E-state index contributed by atoms with van der Waals surface area (Å²) in [5.74, 6) is 0.649. The van der Waals surface area contributed by atoms with Crippen LogP contribution in [0.2, 0.25) is 0 Å². The number of nitrogens with zero attached hydrogens (tertiary/aromatic N) is 2. The molecule has 3 aromatic carbocycles. The Morgan fingerprint density at radius 3 is 2.29 bits per heavy atom. The lowest BCUT2D eigenvalue weighted by Crippen LogP contribution is -2.17. The molecule has 1 atom stereocenters. The Morgan fingerprint density at radius 1 is 0.929 bits per heavy atom.